The Labute approximate surface area is 145 Å². The highest BCUT2D eigenvalue weighted by atomic mass is 16.1. The molecule has 4 unspecified atom stereocenters. The quantitative estimate of drug-likeness (QED) is 0.694. The van der Waals surface area contributed by atoms with Crippen LogP contribution in [0, 0.1) is 23.2 Å². The molecule has 0 aliphatic heterocycles. The van der Waals surface area contributed by atoms with Gasteiger partial charge in [-0.15, -0.1) is 0 Å². The minimum absolute atomic E-state index is 0.0286. The molecule has 1 aromatic carbocycles. The van der Waals surface area contributed by atoms with E-state index in [1.165, 1.54) is 31.2 Å². The van der Waals surface area contributed by atoms with E-state index in [4.69, 9.17) is 0 Å². The van der Waals surface area contributed by atoms with Crippen LogP contribution in [0.3, 0.4) is 0 Å². The molecule has 3 aliphatic rings. The molecular weight excluding hydrogens is 296 g/mol. The molecule has 2 bridgehead atoms. The van der Waals surface area contributed by atoms with E-state index in [-0.39, 0.29) is 28.8 Å². The summed E-state index contributed by atoms with van der Waals surface area (Å²) in [6.45, 7) is 4.45. The van der Waals surface area contributed by atoms with E-state index in [0.717, 1.165) is 31.2 Å². The summed E-state index contributed by atoms with van der Waals surface area (Å²) in [4.78, 5) is 26.2. The van der Waals surface area contributed by atoms with Gasteiger partial charge >= 0.3 is 0 Å². The van der Waals surface area contributed by atoms with Crippen LogP contribution in [0.15, 0.2) is 18.2 Å². The number of carbonyl (C=O) groups excluding carboxylic acids is 2. The third kappa shape index (κ3) is 2.29. The molecule has 2 saturated carbocycles. The summed E-state index contributed by atoms with van der Waals surface area (Å²) >= 11 is 0. The average molecular weight is 324 g/mol. The fourth-order valence-corrected chi connectivity index (χ4v) is 5.73. The SMILES string of the molecule is CCCCCCc1ccc2c(c1)C(=O)C1C3CCC(C)(C3)C1C2=O. The maximum absolute atomic E-state index is 13.2. The zero-order valence-corrected chi connectivity index (χ0v) is 14.9. The molecule has 4 rings (SSSR count). The molecule has 0 saturated heterocycles. The van der Waals surface area contributed by atoms with Gasteiger partial charge in [0.25, 0.3) is 0 Å². The lowest BCUT2D eigenvalue weighted by molar-refractivity contribution is 0.0572. The van der Waals surface area contributed by atoms with Gasteiger partial charge in [-0.25, -0.2) is 0 Å². The van der Waals surface area contributed by atoms with Crippen molar-refractivity contribution in [1.82, 2.24) is 0 Å². The minimum Gasteiger partial charge on any atom is -0.294 e. The van der Waals surface area contributed by atoms with Gasteiger partial charge in [0.15, 0.2) is 11.6 Å². The Balaban J connectivity index is 1.62. The first kappa shape index (κ1) is 16.1. The van der Waals surface area contributed by atoms with Gasteiger partial charge < -0.3 is 0 Å². The minimum atomic E-state index is -0.0494. The Bertz CT molecular complexity index is 689. The highest BCUT2D eigenvalue weighted by Crippen LogP contribution is 2.63. The number of fused-ring (bicyclic) bond motifs is 6. The topological polar surface area (TPSA) is 34.1 Å². The molecule has 4 atom stereocenters. The third-order valence-corrected chi connectivity index (χ3v) is 6.95. The molecule has 0 spiro atoms. The Morgan fingerprint density at radius 2 is 1.92 bits per heavy atom. The van der Waals surface area contributed by atoms with Crippen molar-refractivity contribution in [2.45, 2.75) is 65.2 Å². The first-order chi connectivity index (χ1) is 11.5. The predicted octanol–water partition coefficient (Wildman–Crippen LogP) is 5.24. The highest BCUT2D eigenvalue weighted by Gasteiger charge is 2.62. The van der Waals surface area contributed by atoms with E-state index < -0.39 is 0 Å². The van der Waals surface area contributed by atoms with Crippen LogP contribution in [0.4, 0.5) is 0 Å². The lowest BCUT2D eigenvalue weighted by Gasteiger charge is -2.38. The van der Waals surface area contributed by atoms with Gasteiger partial charge in [-0.05, 0) is 55.1 Å². The van der Waals surface area contributed by atoms with Gasteiger partial charge in [0.2, 0.25) is 0 Å². The summed E-state index contributed by atoms with van der Waals surface area (Å²) in [6, 6.07) is 6.05. The fraction of sp³-hybridized carbons (Fsp3) is 0.636. The van der Waals surface area contributed by atoms with Crippen molar-refractivity contribution < 1.29 is 9.59 Å². The first-order valence-corrected chi connectivity index (χ1v) is 9.76. The summed E-state index contributed by atoms with van der Waals surface area (Å²) in [6.07, 6.45) is 9.24. The Morgan fingerprint density at radius 1 is 1.08 bits per heavy atom. The second-order valence-electron chi connectivity index (χ2n) is 8.58. The van der Waals surface area contributed by atoms with Gasteiger partial charge in [-0.1, -0.05) is 45.2 Å². The van der Waals surface area contributed by atoms with E-state index in [2.05, 4.69) is 19.9 Å². The number of hydrogen-bond acceptors (Lipinski definition) is 2. The van der Waals surface area contributed by atoms with E-state index >= 15 is 0 Å². The largest absolute Gasteiger partial charge is 0.294 e. The maximum Gasteiger partial charge on any atom is 0.167 e. The molecule has 0 N–H and O–H groups in total. The van der Waals surface area contributed by atoms with Crippen molar-refractivity contribution in [2.24, 2.45) is 23.2 Å². The Kier molecular flexibility index (Phi) is 3.89. The van der Waals surface area contributed by atoms with Crippen molar-refractivity contribution in [3.63, 3.8) is 0 Å². The fourth-order valence-electron chi connectivity index (χ4n) is 5.73. The monoisotopic (exact) mass is 324 g/mol. The van der Waals surface area contributed by atoms with Gasteiger partial charge in [-0.2, -0.15) is 0 Å². The molecular formula is C22H28O2. The average Bonchev–Trinajstić information content (AvgIpc) is 3.10. The van der Waals surface area contributed by atoms with Crippen molar-refractivity contribution in [1.29, 1.82) is 0 Å². The molecule has 1 aromatic rings. The number of ketones is 2. The zero-order chi connectivity index (χ0) is 16.9. The molecule has 2 heteroatoms. The summed E-state index contributed by atoms with van der Waals surface area (Å²) in [5.41, 5.74) is 2.72. The van der Waals surface area contributed by atoms with Crippen LogP contribution in [0.5, 0.6) is 0 Å². The smallest absolute Gasteiger partial charge is 0.167 e. The summed E-state index contributed by atoms with van der Waals surface area (Å²) in [5, 5.41) is 0. The first-order valence-electron chi connectivity index (χ1n) is 9.76. The molecule has 0 radical (unpaired) electrons. The number of aryl methyl sites for hydroxylation is 1. The summed E-state index contributed by atoms with van der Waals surface area (Å²) < 4.78 is 0. The second kappa shape index (κ2) is 5.82. The lowest BCUT2D eigenvalue weighted by Crippen LogP contribution is -2.43. The summed E-state index contributed by atoms with van der Waals surface area (Å²) in [7, 11) is 0. The molecule has 3 aliphatic carbocycles. The summed E-state index contributed by atoms with van der Waals surface area (Å²) in [5.74, 6) is 0.874. The number of unbranched alkanes of at least 4 members (excludes halogenated alkanes) is 3. The number of hydrogen-bond donors (Lipinski definition) is 0. The van der Waals surface area contributed by atoms with Crippen LogP contribution in [0.25, 0.3) is 0 Å². The highest BCUT2D eigenvalue weighted by molar-refractivity contribution is 6.16. The van der Waals surface area contributed by atoms with Crippen LogP contribution in [-0.2, 0) is 6.42 Å². The van der Waals surface area contributed by atoms with E-state index in [9.17, 15) is 9.59 Å². The normalized spacial score (nSPS) is 33.7. The van der Waals surface area contributed by atoms with Crippen molar-refractivity contribution in [2.75, 3.05) is 0 Å². The number of carbonyl (C=O) groups is 2. The van der Waals surface area contributed by atoms with Crippen molar-refractivity contribution in [3.05, 3.63) is 34.9 Å². The predicted molar refractivity (Wildman–Crippen MR) is 95.4 cm³/mol. The third-order valence-electron chi connectivity index (χ3n) is 6.95. The van der Waals surface area contributed by atoms with Gasteiger partial charge in [-0.3, -0.25) is 9.59 Å². The van der Waals surface area contributed by atoms with Crippen LogP contribution >= 0.6 is 0 Å². The van der Waals surface area contributed by atoms with Gasteiger partial charge in [0, 0.05) is 23.0 Å². The Hall–Kier alpha value is -1.44. The van der Waals surface area contributed by atoms with Crippen LogP contribution in [-0.4, -0.2) is 11.6 Å². The molecule has 2 fully saturated rings. The Morgan fingerprint density at radius 3 is 2.71 bits per heavy atom. The van der Waals surface area contributed by atoms with E-state index in [1.807, 2.05) is 12.1 Å². The van der Waals surface area contributed by atoms with Gasteiger partial charge in [0.05, 0.1) is 0 Å². The van der Waals surface area contributed by atoms with E-state index in [1.54, 1.807) is 0 Å². The molecule has 128 valence electrons. The second-order valence-corrected chi connectivity index (χ2v) is 8.58. The van der Waals surface area contributed by atoms with Crippen molar-refractivity contribution >= 4 is 11.6 Å². The van der Waals surface area contributed by atoms with Crippen LogP contribution in [0.1, 0.15) is 85.1 Å². The number of Topliss-reactive ketones (excluding diaryl/α,β-unsaturated/α-hetero) is 2. The number of benzene rings is 1. The molecule has 0 aromatic heterocycles. The molecule has 24 heavy (non-hydrogen) atoms. The zero-order valence-electron chi connectivity index (χ0n) is 14.9. The maximum atomic E-state index is 13.2. The molecule has 0 amide bonds. The van der Waals surface area contributed by atoms with Crippen LogP contribution < -0.4 is 0 Å². The molecule has 2 nitrogen and oxygen atoms in total. The van der Waals surface area contributed by atoms with Gasteiger partial charge in [0.1, 0.15) is 0 Å². The standard InChI is InChI=1S/C22H28O2/c1-3-4-5-6-7-14-8-9-16-17(12-14)20(23)18-15-10-11-22(2,13-15)19(18)21(16)24/h8-9,12,15,18-19H,3-7,10-11,13H2,1-2H3. The van der Waals surface area contributed by atoms with E-state index in [0.29, 0.717) is 11.5 Å². The number of rotatable bonds is 5. The van der Waals surface area contributed by atoms with Crippen molar-refractivity contribution in [3.8, 4) is 0 Å². The lowest BCUT2D eigenvalue weighted by atomic mass is 9.62. The molecule has 0 heterocycles. The van der Waals surface area contributed by atoms with Crippen LogP contribution in [0.2, 0.25) is 0 Å².